The molecule has 0 amide bonds. The van der Waals surface area contributed by atoms with Crippen molar-refractivity contribution in [3.05, 3.63) is 0 Å². The normalized spacial score (nSPS) is 27.8. The summed E-state index contributed by atoms with van der Waals surface area (Å²) in [6, 6.07) is 0.671. The van der Waals surface area contributed by atoms with E-state index < -0.39 is 0 Å². The van der Waals surface area contributed by atoms with Crippen molar-refractivity contribution in [3.63, 3.8) is 0 Å². The molecule has 0 bridgehead atoms. The van der Waals surface area contributed by atoms with Crippen molar-refractivity contribution < 1.29 is 5.11 Å². The summed E-state index contributed by atoms with van der Waals surface area (Å²) in [5.41, 5.74) is 0.381. The molecule has 2 aliphatic rings. The third kappa shape index (κ3) is 4.71. The standard InChI is InChI=1S/C17H34N2O/c1-16(2,3)14-8-11-19(12-14)10-5-9-17(4,13-20)18-15-6-7-15/h14-15,18,20H,5-13H2,1-4H3. The minimum Gasteiger partial charge on any atom is -0.394 e. The Kier molecular flexibility index (Phi) is 5.14. The lowest BCUT2D eigenvalue weighted by atomic mass is 9.80. The highest BCUT2D eigenvalue weighted by molar-refractivity contribution is 4.92. The molecule has 1 aliphatic carbocycles. The minimum absolute atomic E-state index is 0.0652. The van der Waals surface area contributed by atoms with Gasteiger partial charge in [-0.25, -0.2) is 0 Å². The van der Waals surface area contributed by atoms with E-state index in [1.165, 1.54) is 45.3 Å². The molecule has 0 radical (unpaired) electrons. The highest BCUT2D eigenvalue weighted by atomic mass is 16.3. The van der Waals surface area contributed by atoms with E-state index in [1.54, 1.807) is 0 Å². The number of hydrogen-bond acceptors (Lipinski definition) is 3. The maximum absolute atomic E-state index is 9.63. The Labute approximate surface area is 125 Å². The van der Waals surface area contributed by atoms with E-state index in [-0.39, 0.29) is 12.1 Å². The van der Waals surface area contributed by atoms with Crippen molar-refractivity contribution in [2.24, 2.45) is 11.3 Å². The molecule has 1 heterocycles. The van der Waals surface area contributed by atoms with Crippen LogP contribution >= 0.6 is 0 Å². The second-order valence-electron chi connectivity index (χ2n) is 8.39. The van der Waals surface area contributed by atoms with Crippen molar-refractivity contribution >= 4 is 0 Å². The zero-order valence-electron chi connectivity index (χ0n) is 13.9. The molecule has 2 rings (SSSR count). The smallest absolute Gasteiger partial charge is 0.0610 e. The van der Waals surface area contributed by atoms with E-state index in [9.17, 15) is 5.11 Å². The van der Waals surface area contributed by atoms with E-state index in [0.29, 0.717) is 11.5 Å². The van der Waals surface area contributed by atoms with Crippen molar-refractivity contribution in [3.8, 4) is 0 Å². The molecule has 3 heteroatoms. The topological polar surface area (TPSA) is 35.5 Å². The Morgan fingerprint density at radius 2 is 1.85 bits per heavy atom. The summed E-state index contributed by atoms with van der Waals surface area (Å²) >= 11 is 0. The molecule has 0 aromatic rings. The van der Waals surface area contributed by atoms with E-state index in [1.807, 2.05) is 0 Å². The van der Waals surface area contributed by atoms with Gasteiger partial charge >= 0.3 is 0 Å². The summed E-state index contributed by atoms with van der Waals surface area (Å²) in [5, 5.41) is 13.2. The Balaban J connectivity index is 1.68. The largest absolute Gasteiger partial charge is 0.394 e. The summed E-state index contributed by atoms with van der Waals surface area (Å²) in [7, 11) is 0. The number of rotatable bonds is 7. The minimum atomic E-state index is -0.0652. The molecule has 3 nitrogen and oxygen atoms in total. The summed E-state index contributed by atoms with van der Waals surface area (Å²) in [5.74, 6) is 0.844. The lowest BCUT2D eigenvalue weighted by Gasteiger charge is -2.30. The van der Waals surface area contributed by atoms with Crippen LogP contribution in [0.15, 0.2) is 0 Å². The molecular formula is C17H34N2O. The van der Waals surface area contributed by atoms with Crippen LogP contribution in [-0.2, 0) is 0 Å². The molecule has 0 aromatic heterocycles. The predicted molar refractivity (Wildman–Crippen MR) is 84.9 cm³/mol. The molecule has 2 atom stereocenters. The van der Waals surface area contributed by atoms with Crippen LogP contribution in [0.2, 0.25) is 0 Å². The van der Waals surface area contributed by atoms with Crippen LogP contribution in [0.4, 0.5) is 0 Å². The van der Waals surface area contributed by atoms with Crippen molar-refractivity contribution in [1.82, 2.24) is 10.2 Å². The second kappa shape index (κ2) is 6.33. The summed E-state index contributed by atoms with van der Waals surface area (Å²) < 4.78 is 0. The first-order valence-corrected chi connectivity index (χ1v) is 8.43. The quantitative estimate of drug-likeness (QED) is 0.753. The fourth-order valence-corrected chi connectivity index (χ4v) is 3.35. The van der Waals surface area contributed by atoms with Gasteiger partial charge in [0, 0.05) is 18.1 Å². The number of hydrogen-bond donors (Lipinski definition) is 2. The summed E-state index contributed by atoms with van der Waals surface area (Å²) in [4.78, 5) is 2.62. The number of aliphatic hydroxyl groups is 1. The second-order valence-corrected chi connectivity index (χ2v) is 8.39. The van der Waals surface area contributed by atoms with Crippen molar-refractivity contribution in [2.75, 3.05) is 26.2 Å². The molecule has 20 heavy (non-hydrogen) atoms. The average Bonchev–Trinajstić information content (AvgIpc) is 3.02. The Morgan fingerprint density at radius 1 is 1.15 bits per heavy atom. The first kappa shape index (κ1) is 16.3. The van der Waals surface area contributed by atoms with Crippen LogP contribution in [0.5, 0.6) is 0 Å². The van der Waals surface area contributed by atoms with Gasteiger partial charge in [0.25, 0.3) is 0 Å². The molecule has 2 fully saturated rings. The monoisotopic (exact) mass is 282 g/mol. The zero-order chi connectivity index (χ0) is 14.8. The van der Waals surface area contributed by atoms with E-state index in [2.05, 4.69) is 37.9 Å². The fourth-order valence-electron chi connectivity index (χ4n) is 3.35. The van der Waals surface area contributed by atoms with Crippen LogP contribution in [0.3, 0.4) is 0 Å². The third-order valence-corrected chi connectivity index (χ3v) is 5.18. The van der Waals surface area contributed by atoms with Gasteiger partial charge in [0.05, 0.1) is 6.61 Å². The maximum atomic E-state index is 9.63. The van der Waals surface area contributed by atoms with Gasteiger partial charge in [-0.2, -0.15) is 0 Å². The molecule has 1 aliphatic heterocycles. The first-order chi connectivity index (χ1) is 9.32. The highest BCUT2D eigenvalue weighted by Crippen LogP contribution is 2.33. The van der Waals surface area contributed by atoms with Crippen LogP contribution in [0, 0.1) is 11.3 Å². The summed E-state index contributed by atoms with van der Waals surface area (Å²) in [6.07, 6.45) is 6.19. The van der Waals surface area contributed by atoms with E-state index >= 15 is 0 Å². The number of nitrogens with one attached hydrogen (secondary N) is 1. The van der Waals surface area contributed by atoms with Gasteiger partial charge in [-0.3, -0.25) is 0 Å². The van der Waals surface area contributed by atoms with E-state index in [0.717, 1.165) is 12.3 Å². The third-order valence-electron chi connectivity index (χ3n) is 5.18. The zero-order valence-corrected chi connectivity index (χ0v) is 13.9. The first-order valence-electron chi connectivity index (χ1n) is 8.43. The van der Waals surface area contributed by atoms with Gasteiger partial charge in [0.15, 0.2) is 0 Å². The lowest BCUT2D eigenvalue weighted by molar-refractivity contribution is 0.155. The van der Waals surface area contributed by atoms with Crippen molar-refractivity contribution in [2.45, 2.75) is 71.4 Å². The molecule has 1 saturated heterocycles. The Morgan fingerprint density at radius 3 is 2.35 bits per heavy atom. The van der Waals surface area contributed by atoms with Crippen LogP contribution in [0.25, 0.3) is 0 Å². The number of likely N-dealkylation sites (tertiary alicyclic amines) is 1. The molecule has 2 unspecified atom stereocenters. The highest BCUT2D eigenvalue weighted by Gasteiger charge is 2.33. The van der Waals surface area contributed by atoms with Gasteiger partial charge in [-0.05, 0) is 63.5 Å². The van der Waals surface area contributed by atoms with E-state index in [4.69, 9.17) is 0 Å². The maximum Gasteiger partial charge on any atom is 0.0610 e. The average molecular weight is 282 g/mol. The van der Waals surface area contributed by atoms with Crippen molar-refractivity contribution in [1.29, 1.82) is 0 Å². The van der Waals surface area contributed by atoms with Gasteiger partial charge in [0.1, 0.15) is 0 Å². The molecule has 118 valence electrons. The SMILES string of the molecule is CC(CO)(CCCN1CCC(C(C)(C)C)C1)NC1CC1. The van der Waals surface area contributed by atoms with Gasteiger partial charge in [0.2, 0.25) is 0 Å². The van der Waals surface area contributed by atoms with Crippen LogP contribution < -0.4 is 5.32 Å². The molecular weight excluding hydrogens is 248 g/mol. The number of aliphatic hydroxyl groups excluding tert-OH is 1. The van der Waals surface area contributed by atoms with Gasteiger partial charge in [-0.15, -0.1) is 0 Å². The fraction of sp³-hybridized carbons (Fsp3) is 1.00. The van der Waals surface area contributed by atoms with Gasteiger partial charge < -0.3 is 15.3 Å². The van der Waals surface area contributed by atoms with Gasteiger partial charge in [-0.1, -0.05) is 20.8 Å². The molecule has 0 spiro atoms. The Bertz CT molecular complexity index is 309. The molecule has 2 N–H and O–H groups in total. The predicted octanol–water partition coefficient (Wildman–Crippen LogP) is 2.64. The van der Waals surface area contributed by atoms with Crippen LogP contribution in [0.1, 0.15) is 59.8 Å². The molecule has 1 saturated carbocycles. The molecule has 0 aromatic carbocycles. The summed E-state index contributed by atoms with van der Waals surface area (Å²) in [6.45, 7) is 13.2. The lowest BCUT2D eigenvalue weighted by Crippen LogP contribution is -2.47. The van der Waals surface area contributed by atoms with Crippen LogP contribution in [-0.4, -0.2) is 47.8 Å². The number of nitrogens with zero attached hydrogens (tertiary/aromatic N) is 1. The Hall–Kier alpha value is -0.120.